The van der Waals surface area contributed by atoms with E-state index in [1.54, 1.807) is 30.6 Å². The number of rotatable bonds is 10. The number of nitrogens with one attached hydrogen (secondary N) is 3. The first-order valence-electron chi connectivity index (χ1n) is 14.2. The van der Waals surface area contributed by atoms with Crippen molar-refractivity contribution in [2.45, 2.75) is 31.3 Å². The Labute approximate surface area is 255 Å². The van der Waals surface area contributed by atoms with Crippen LogP contribution in [-0.2, 0) is 4.79 Å². The summed E-state index contributed by atoms with van der Waals surface area (Å²) in [6.45, 7) is 5.44. The van der Waals surface area contributed by atoms with Gasteiger partial charge in [0.05, 0.1) is 16.9 Å². The quantitative estimate of drug-likeness (QED) is 0.195. The van der Waals surface area contributed by atoms with Gasteiger partial charge in [-0.05, 0) is 81.9 Å². The Hall–Kier alpha value is -4.32. The van der Waals surface area contributed by atoms with E-state index in [4.69, 9.17) is 22.3 Å². The number of nitrogens with zero attached hydrogens (tertiary/aromatic N) is 5. The summed E-state index contributed by atoms with van der Waals surface area (Å²) in [6.07, 6.45) is 8.52. The monoisotopic (exact) mass is 601 g/mol. The minimum absolute atomic E-state index is 0.0703. The van der Waals surface area contributed by atoms with Gasteiger partial charge in [-0.15, -0.1) is 0 Å². The maximum absolute atomic E-state index is 13.5. The Kier molecular flexibility index (Phi) is 9.34. The summed E-state index contributed by atoms with van der Waals surface area (Å²) in [7, 11) is 3.95. The first-order chi connectivity index (χ1) is 20.7. The number of piperidine rings is 1. The number of halogens is 1. The van der Waals surface area contributed by atoms with Crippen LogP contribution in [0.5, 0.6) is 0 Å². The molecule has 11 nitrogen and oxygen atoms in total. The van der Waals surface area contributed by atoms with Gasteiger partial charge in [-0.2, -0.15) is 0 Å². The number of aromatic amines is 1. The van der Waals surface area contributed by atoms with Gasteiger partial charge in [0.15, 0.2) is 0 Å². The summed E-state index contributed by atoms with van der Waals surface area (Å²) < 4.78 is 0. The third-order valence-corrected chi connectivity index (χ3v) is 7.87. The van der Waals surface area contributed by atoms with Crippen LogP contribution in [0.1, 0.15) is 41.2 Å². The molecular weight excluding hydrogens is 566 g/mol. The maximum Gasteiger partial charge on any atom is 0.253 e. The van der Waals surface area contributed by atoms with Gasteiger partial charge in [0, 0.05) is 59.8 Å². The predicted octanol–water partition coefficient (Wildman–Crippen LogP) is 4.47. The molecule has 1 aliphatic heterocycles. The molecule has 43 heavy (non-hydrogen) atoms. The molecule has 1 unspecified atom stereocenters. The molecule has 1 aliphatic rings. The first-order valence-corrected chi connectivity index (χ1v) is 14.6. The number of likely N-dealkylation sites (tertiary alicyclic amines) is 1. The zero-order chi connectivity index (χ0) is 30.5. The highest BCUT2D eigenvalue weighted by molar-refractivity contribution is 6.33. The molecule has 5 N–H and O–H groups in total. The molecule has 1 aromatic carbocycles. The number of hydrogen-bond acceptors (Lipinski definition) is 8. The van der Waals surface area contributed by atoms with Crippen LogP contribution in [0, 0.1) is 0 Å². The lowest BCUT2D eigenvalue weighted by Gasteiger charge is -2.32. The van der Waals surface area contributed by atoms with E-state index in [9.17, 15) is 9.59 Å². The number of pyridine rings is 1. The van der Waals surface area contributed by atoms with E-state index in [-0.39, 0.29) is 23.9 Å². The summed E-state index contributed by atoms with van der Waals surface area (Å²) in [5.74, 6) is 0.0833. The average molecular weight is 602 g/mol. The molecule has 0 aliphatic carbocycles. The van der Waals surface area contributed by atoms with Crippen molar-refractivity contribution in [3.05, 3.63) is 77.7 Å². The third kappa shape index (κ3) is 7.02. The Morgan fingerprint density at radius 1 is 1.26 bits per heavy atom. The standard InChI is InChI=1S/C31H36ClN9O2/c1-4-27(42)38-26-8-7-19(16-22(26)25(33)11-13-40(2)3)30(43)41-14-9-20(10-15-41)37-31-36-18-24(32)28(39-31)23-17-35-29-21(23)6-5-12-34-29/h4-8,12,16-18,20,25H,1,9-11,13-15,33H2,2-3H3,(H,34,35)(H,38,42)(H,36,37,39). The summed E-state index contributed by atoms with van der Waals surface area (Å²) in [6, 6.07) is 8.86. The largest absolute Gasteiger partial charge is 0.351 e. The molecule has 1 fully saturated rings. The number of hydrogen-bond donors (Lipinski definition) is 4. The normalized spacial score (nSPS) is 14.6. The fourth-order valence-electron chi connectivity index (χ4n) is 5.22. The van der Waals surface area contributed by atoms with Gasteiger partial charge in [0.25, 0.3) is 5.91 Å². The van der Waals surface area contributed by atoms with Crippen LogP contribution in [0.2, 0.25) is 5.02 Å². The van der Waals surface area contributed by atoms with Crippen molar-refractivity contribution in [3.8, 4) is 11.3 Å². The molecule has 2 amide bonds. The highest BCUT2D eigenvalue weighted by atomic mass is 35.5. The molecular formula is C31H36ClN9O2. The lowest BCUT2D eigenvalue weighted by molar-refractivity contribution is -0.111. The van der Waals surface area contributed by atoms with E-state index in [0.29, 0.717) is 47.4 Å². The van der Waals surface area contributed by atoms with E-state index in [0.717, 1.165) is 41.5 Å². The lowest BCUT2D eigenvalue weighted by Crippen LogP contribution is -2.42. The van der Waals surface area contributed by atoms with Gasteiger partial charge >= 0.3 is 0 Å². The molecule has 1 atom stereocenters. The van der Waals surface area contributed by atoms with Crippen LogP contribution in [0.4, 0.5) is 11.6 Å². The fourth-order valence-corrected chi connectivity index (χ4v) is 5.42. The summed E-state index contributed by atoms with van der Waals surface area (Å²) in [4.78, 5) is 46.0. The number of carbonyl (C=O) groups excluding carboxylic acids is 2. The number of nitrogens with two attached hydrogens (primary N) is 1. The van der Waals surface area contributed by atoms with E-state index in [2.05, 4.69) is 32.2 Å². The Balaban J connectivity index is 1.25. The SMILES string of the molecule is C=CC(=O)Nc1ccc(C(=O)N2CCC(Nc3ncc(Cl)c(-c4c[nH]c5ncccc45)n3)CC2)cc1C(N)CCN(C)C. The molecule has 224 valence electrons. The van der Waals surface area contributed by atoms with Crippen LogP contribution < -0.4 is 16.4 Å². The predicted molar refractivity (Wildman–Crippen MR) is 170 cm³/mol. The van der Waals surface area contributed by atoms with Crippen molar-refractivity contribution in [1.29, 1.82) is 0 Å². The first kappa shape index (κ1) is 30.1. The Morgan fingerprint density at radius 2 is 2.05 bits per heavy atom. The molecule has 3 aromatic heterocycles. The molecule has 4 aromatic rings. The van der Waals surface area contributed by atoms with Gasteiger partial charge < -0.3 is 31.2 Å². The van der Waals surface area contributed by atoms with Gasteiger partial charge in [-0.3, -0.25) is 9.59 Å². The summed E-state index contributed by atoms with van der Waals surface area (Å²) in [5.41, 5.74) is 10.6. The van der Waals surface area contributed by atoms with Crippen LogP contribution in [0.15, 0.2) is 61.6 Å². The second-order valence-electron chi connectivity index (χ2n) is 10.9. The number of H-pyrrole nitrogens is 1. The van der Waals surface area contributed by atoms with Crippen LogP contribution in [0.3, 0.4) is 0 Å². The van der Waals surface area contributed by atoms with Crippen LogP contribution >= 0.6 is 11.6 Å². The molecule has 12 heteroatoms. The molecule has 0 radical (unpaired) electrons. The average Bonchev–Trinajstić information content (AvgIpc) is 3.45. The number of fused-ring (bicyclic) bond motifs is 1. The lowest BCUT2D eigenvalue weighted by atomic mass is 9.98. The minimum Gasteiger partial charge on any atom is -0.351 e. The summed E-state index contributed by atoms with van der Waals surface area (Å²) in [5, 5.41) is 7.62. The fraction of sp³-hybridized carbons (Fsp3) is 0.323. The highest BCUT2D eigenvalue weighted by Crippen LogP contribution is 2.32. The highest BCUT2D eigenvalue weighted by Gasteiger charge is 2.26. The molecule has 0 bridgehead atoms. The van der Waals surface area contributed by atoms with E-state index in [1.165, 1.54) is 6.08 Å². The van der Waals surface area contributed by atoms with Crippen LogP contribution in [0.25, 0.3) is 22.3 Å². The van der Waals surface area contributed by atoms with Crippen molar-refractivity contribution in [2.24, 2.45) is 5.73 Å². The molecule has 5 rings (SSSR count). The Bertz CT molecular complexity index is 1630. The van der Waals surface area contributed by atoms with Gasteiger partial charge in [0.1, 0.15) is 5.65 Å². The van der Waals surface area contributed by atoms with Crippen LogP contribution in [-0.4, -0.2) is 81.3 Å². The van der Waals surface area contributed by atoms with Crippen molar-refractivity contribution in [3.63, 3.8) is 0 Å². The molecule has 4 heterocycles. The minimum atomic E-state index is -0.352. The summed E-state index contributed by atoms with van der Waals surface area (Å²) >= 11 is 6.48. The molecule has 0 spiro atoms. The van der Waals surface area contributed by atoms with Crippen molar-refractivity contribution in [2.75, 3.05) is 44.4 Å². The van der Waals surface area contributed by atoms with E-state index >= 15 is 0 Å². The van der Waals surface area contributed by atoms with Crippen molar-refractivity contribution < 1.29 is 9.59 Å². The Morgan fingerprint density at radius 3 is 2.79 bits per heavy atom. The van der Waals surface area contributed by atoms with E-state index in [1.807, 2.05) is 42.2 Å². The number of aromatic nitrogens is 4. The second kappa shape index (κ2) is 13.3. The van der Waals surface area contributed by atoms with Gasteiger partial charge in [-0.25, -0.2) is 15.0 Å². The smallest absolute Gasteiger partial charge is 0.253 e. The number of anilines is 2. The van der Waals surface area contributed by atoms with Gasteiger partial charge in [0.2, 0.25) is 11.9 Å². The third-order valence-electron chi connectivity index (χ3n) is 7.59. The zero-order valence-corrected chi connectivity index (χ0v) is 25.1. The number of benzene rings is 1. The zero-order valence-electron chi connectivity index (χ0n) is 24.3. The number of amides is 2. The maximum atomic E-state index is 13.5. The molecule has 0 saturated carbocycles. The molecule has 1 saturated heterocycles. The topological polar surface area (TPSA) is 145 Å². The van der Waals surface area contributed by atoms with Gasteiger partial charge in [-0.1, -0.05) is 18.2 Å². The van der Waals surface area contributed by atoms with Crippen molar-refractivity contribution >= 4 is 46.1 Å². The van der Waals surface area contributed by atoms with Crippen molar-refractivity contribution in [1.82, 2.24) is 29.7 Å². The second-order valence-corrected chi connectivity index (χ2v) is 11.3. The van der Waals surface area contributed by atoms with E-state index < -0.39 is 0 Å². The number of carbonyl (C=O) groups is 2.